The van der Waals surface area contributed by atoms with Crippen molar-refractivity contribution in [2.75, 3.05) is 5.32 Å². The minimum atomic E-state index is -0.231. The highest BCUT2D eigenvalue weighted by Crippen LogP contribution is 2.15. The van der Waals surface area contributed by atoms with E-state index in [1.807, 2.05) is 68.4 Å². The lowest BCUT2D eigenvalue weighted by atomic mass is 10.1. The van der Waals surface area contributed by atoms with Gasteiger partial charge in [0.15, 0.2) is 0 Å². The average Bonchev–Trinajstić information content (AvgIpc) is 2.62. The highest BCUT2D eigenvalue weighted by Gasteiger charge is 2.13. The molecule has 0 saturated carbocycles. The molecule has 0 fully saturated rings. The quantitative estimate of drug-likeness (QED) is 0.740. The Hall–Kier alpha value is -3.21. The lowest BCUT2D eigenvalue weighted by Gasteiger charge is -2.14. The number of rotatable bonds is 5. The van der Waals surface area contributed by atoms with E-state index < -0.39 is 0 Å². The maximum atomic E-state index is 12.5. The molecule has 3 aromatic rings. The number of hydrogen-bond acceptors (Lipinski definition) is 4. The molecule has 0 saturated heterocycles. The molecule has 1 aromatic heterocycles. The minimum absolute atomic E-state index is 0.100. The number of hydrogen-bond donors (Lipinski definition) is 2. The predicted molar refractivity (Wildman–Crippen MR) is 98.8 cm³/mol. The van der Waals surface area contributed by atoms with Crippen molar-refractivity contribution in [2.45, 2.75) is 19.9 Å². The number of carbonyl (C=O) groups is 1. The Morgan fingerprint density at radius 3 is 2.60 bits per heavy atom. The second-order valence-corrected chi connectivity index (χ2v) is 5.87. The summed E-state index contributed by atoms with van der Waals surface area (Å²) in [5.41, 5.74) is 3.39. The lowest BCUT2D eigenvalue weighted by Crippen LogP contribution is -2.27. The fraction of sp³-hybridized carbons (Fsp3) is 0.150. The first-order chi connectivity index (χ1) is 12.1. The zero-order valence-corrected chi connectivity index (χ0v) is 14.2. The highest BCUT2D eigenvalue weighted by molar-refractivity contribution is 5.92. The fourth-order valence-electron chi connectivity index (χ4n) is 2.49. The first-order valence-electron chi connectivity index (χ1n) is 8.14. The molecular weight excluding hydrogens is 312 g/mol. The fourth-order valence-corrected chi connectivity index (χ4v) is 2.49. The standard InChI is InChI=1S/C20H20N4O/c1-14-7-6-10-17(13-14)23-20-21-12-11-18(24-20)19(25)22-15(2)16-8-4-3-5-9-16/h3-13,15H,1-2H3,(H,22,25)(H,21,23,24). The number of aromatic nitrogens is 2. The molecular formula is C20H20N4O. The minimum Gasteiger partial charge on any atom is -0.344 e. The van der Waals surface area contributed by atoms with E-state index in [0.29, 0.717) is 11.6 Å². The summed E-state index contributed by atoms with van der Waals surface area (Å²) in [5.74, 6) is 0.164. The molecule has 1 heterocycles. The van der Waals surface area contributed by atoms with Crippen LogP contribution in [0.5, 0.6) is 0 Å². The summed E-state index contributed by atoms with van der Waals surface area (Å²) in [7, 11) is 0. The van der Waals surface area contributed by atoms with Gasteiger partial charge in [0, 0.05) is 11.9 Å². The van der Waals surface area contributed by atoms with E-state index in [-0.39, 0.29) is 11.9 Å². The number of anilines is 2. The maximum Gasteiger partial charge on any atom is 0.270 e. The second kappa shape index (κ2) is 7.57. The van der Waals surface area contributed by atoms with Gasteiger partial charge in [-0.05, 0) is 43.2 Å². The van der Waals surface area contributed by atoms with Gasteiger partial charge in [-0.1, -0.05) is 42.5 Å². The lowest BCUT2D eigenvalue weighted by molar-refractivity contribution is 0.0935. The molecule has 1 atom stereocenters. The van der Waals surface area contributed by atoms with Crippen molar-refractivity contribution in [3.05, 3.63) is 83.7 Å². The molecule has 25 heavy (non-hydrogen) atoms. The third kappa shape index (κ3) is 4.41. The number of nitrogens with one attached hydrogen (secondary N) is 2. The van der Waals surface area contributed by atoms with Crippen LogP contribution in [-0.4, -0.2) is 15.9 Å². The van der Waals surface area contributed by atoms with E-state index in [1.165, 1.54) is 0 Å². The van der Waals surface area contributed by atoms with Gasteiger partial charge < -0.3 is 10.6 Å². The van der Waals surface area contributed by atoms with Crippen molar-refractivity contribution in [1.82, 2.24) is 15.3 Å². The molecule has 0 aliphatic carbocycles. The summed E-state index contributed by atoms with van der Waals surface area (Å²) in [4.78, 5) is 20.9. The van der Waals surface area contributed by atoms with E-state index in [4.69, 9.17) is 0 Å². The van der Waals surface area contributed by atoms with E-state index in [0.717, 1.165) is 16.8 Å². The number of nitrogens with zero attached hydrogens (tertiary/aromatic N) is 2. The van der Waals surface area contributed by atoms with E-state index in [9.17, 15) is 4.79 Å². The SMILES string of the molecule is Cc1cccc(Nc2nccc(C(=O)NC(C)c3ccccc3)n2)c1. The van der Waals surface area contributed by atoms with Crippen LogP contribution >= 0.6 is 0 Å². The van der Waals surface area contributed by atoms with Crippen molar-refractivity contribution < 1.29 is 4.79 Å². The van der Waals surface area contributed by atoms with Crippen LogP contribution in [0.1, 0.15) is 34.6 Å². The van der Waals surface area contributed by atoms with E-state index in [1.54, 1.807) is 12.3 Å². The Morgan fingerprint density at radius 1 is 1.04 bits per heavy atom. The van der Waals surface area contributed by atoms with Gasteiger partial charge in [-0.3, -0.25) is 4.79 Å². The normalized spacial score (nSPS) is 11.6. The van der Waals surface area contributed by atoms with Gasteiger partial charge >= 0.3 is 0 Å². The Morgan fingerprint density at radius 2 is 1.84 bits per heavy atom. The van der Waals surface area contributed by atoms with Crippen LogP contribution in [-0.2, 0) is 0 Å². The number of benzene rings is 2. The highest BCUT2D eigenvalue weighted by atomic mass is 16.1. The molecule has 2 N–H and O–H groups in total. The van der Waals surface area contributed by atoms with Crippen molar-refractivity contribution in [3.8, 4) is 0 Å². The molecule has 5 nitrogen and oxygen atoms in total. The molecule has 5 heteroatoms. The molecule has 1 amide bonds. The third-order valence-electron chi connectivity index (χ3n) is 3.81. The van der Waals surface area contributed by atoms with Gasteiger partial charge in [-0.15, -0.1) is 0 Å². The third-order valence-corrected chi connectivity index (χ3v) is 3.81. The van der Waals surface area contributed by atoms with E-state index >= 15 is 0 Å². The van der Waals surface area contributed by atoms with Crippen molar-refractivity contribution in [3.63, 3.8) is 0 Å². The molecule has 0 aliphatic rings. The van der Waals surface area contributed by atoms with Gasteiger partial charge in [0.25, 0.3) is 5.91 Å². The van der Waals surface area contributed by atoms with Crippen LogP contribution in [0.15, 0.2) is 66.9 Å². The zero-order valence-electron chi connectivity index (χ0n) is 14.2. The molecule has 0 bridgehead atoms. The van der Waals surface area contributed by atoms with Crippen LogP contribution in [0.25, 0.3) is 0 Å². The topological polar surface area (TPSA) is 66.9 Å². The van der Waals surface area contributed by atoms with Gasteiger partial charge in [0.1, 0.15) is 5.69 Å². The molecule has 0 aliphatic heterocycles. The Labute approximate surface area is 147 Å². The second-order valence-electron chi connectivity index (χ2n) is 5.87. The Bertz CT molecular complexity index is 864. The Kier molecular flexibility index (Phi) is 5.04. The smallest absolute Gasteiger partial charge is 0.270 e. The summed E-state index contributed by atoms with van der Waals surface area (Å²) in [6.45, 7) is 3.96. The number of carbonyl (C=O) groups excluding carboxylic acids is 1. The summed E-state index contributed by atoms with van der Waals surface area (Å²) in [6, 6.07) is 19.2. The number of amides is 1. The molecule has 126 valence electrons. The van der Waals surface area contributed by atoms with Crippen LogP contribution in [0.4, 0.5) is 11.6 Å². The number of aryl methyl sites for hydroxylation is 1. The van der Waals surface area contributed by atoms with Crippen LogP contribution in [0.2, 0.25) is 0 Å². The predicted octanol–water partition coefficient (Wildman–Crippen LogP) is 4.02. The van der Waals surface area contributed by atoms with Crippen LogP contribution < -0.4 is 10.6 Å². The van der Waals surface area contributed by atoms with Gasteiger partial charge in [0.05, 0.1) is 6.04 Å². The first kappa shape index (κ1) is 16.6. The maximum absolute atomic E-state index is 12.5. The monoisotopic (exact) mass is 332 g/mol. The summed E-state index contributed by atoms with van der Waals surface area (Å²) in [6.07, 6.45) is 1.58. The van der Waals surface area contributed by atoms with Crippen LogP contribution in [0.3, 0.4) is 0 Å². The Balaban J connectivity index is 1.71. The molecule has 0 radical (unpaired) electrons. The van der Waals surface area contributed by atoms with Crippen molar-refractivity contribution in [2.24, 2.45) is 0 Å². The largest absolute Gasteiger partial charge is 0.344 e. The van der Waals surface area contributed by atoms with Gasteiger partial charge in [0.2, 0.25) is 5.95 Å². The van der Waals surface area contributed by atoms with Crippen molar-refractivity contribution >= 4 is 17.5 Å². The molecule has 3 rings (SSSR count). The van der Waals surface area contributed by atoms with Crippen molar-refractivity contribution in [1.29, 1.82) is 0 Å². The molecule has 1 unspecified atom stereocenters. The van der Waals surface area contributed by atoms with Gasteiger partial charge in [-0.25, -0.2) is 9.97 Å². The van der Waals surface area contributed by atoms with E-state index in [2.05, 4.69) is 20.6 Å². The summed E-state index contributed by atoms with van der Waals surface area (Å²) < 4.78 is 0. The summed E-state index contributed by atoms with van der Waals surface area (Å²) >= 11 is 0. The molecule has 0 spiro atoms. The molecule has 2 aromatic carbocycles. The van der Waals surface area contributed by atoms with Crippen LogP contribution in [0, 0.1) is 6.92 Å². The first-order valence-corrected chi connectivity index (χ1v) is 8.14. The zero-order chi connectivity index (χ0) is 17.6. The van der Waals surface area contributed by atoms with Gasteiger partial charge in [-0.2, -0.15) is 0 Å². The summed E-state index contributed by atoms with van der Waals surface area (Å²) in [5, 5.41) is 6.08. The average molecular weight is 332 g/mol.